The topological polar surface area (TPSA) is 87.4 Å². The van der Waals surface area contributed by atoms with Crippen molar-refractivity contribution in [2.75, 3.05) is 36.5 Å². The second kappa shape index (κ2) is 5.36. The van der Waals surface area contributed by atoms with Gasteiger partial charge in [0.25, 0.3) is 0 Å². The van der Waals surface area contributed by atoms with Crippen molar-refractivity contribution in [1.82, 2.24) is 14.9 Å². The Hall–Kier alpha value is -1.60. The third-order valence-corrected chi connectivity index (χ3v) is 3.15. The number of amides is 1. The highest BCUT2D eigenvalue weighted by Gasteiger charge is 2.21. The second-order valence-corrected chi connectivity index (χ2v) is 4.41. The summed E-state index contributed by atoms with van der Waals surface area (Å²) in [5.41, 5.74) is 2.39. The Balaban J connectivity index is 2.11. The lowest BCUT2D eigenvalue weighted by Gasteiger charge is -2.35. The molecule has 3 N–H and O–H groups in total. The van der Waals surface area contributed by atoms with Gasteiger partial charge in [-0.1, -0.05) is 11.6 Å². The Morgan fingerprint density at radius 3 is 2.67 bits per heavy atom. The number of anilines is 2. The van der Waals surface area contributed by atoms with Crippen LogP contribution in [-0.2, 0) is 4.79 Å². The Labute approximate surface area is 110 Å². The summed E-state index contributed by atoms with van der Waals surface area (Å²) in [5, 5.41) is 0.477. The number of rotatable bonds is 2. The van der Waals surface area contributed by atoms with E-state index in [1.165, 1.54) is 6.20 Å². The van der Waals surface area contributed by atoms with Gasteiger partial charge in [0.05, 0.1) is 6.20 Å². The Bertz CT molecular complexity index is 446. The first-order valence-electron chi connectivity index (χ1n) is 5.61. The van der Waals surface area contributed by atoms with Crippen LogP contribution >= 0.6 is 11.6 Å². The molecular formula is C10H15ClN6O. The van der Waals surface area contributed by atoms with E-state index in [4.69, 9.17) is 17.4 Å². The predicted octanol–water partition coefficient (Wildman–Crippen LogP) is 0.0841. The number of piperazine rings is 1. The van der Waals surface area contributed by atoms with Crippen molar-refractivity contribution >= 4 is 29.3 Å². The SMILES string of the molecule is CC(=O)N1CCN(c2nc(NN)ncc2Cl)CC1. The zero-order valence-electron chi connectivity index (χ0n) is 10.1. The van der Waals surface area contributed by atoms with Gasteiger partial charge >= 0.3 is 0 Å². The van der Waals surface area contributed by atoms with Crippen LogP contribution in [0.4, 0.5) is 11.8 Å². The fourth-order valence-electron chi connectivity index (χ4n) is 1.88. The number of nitrogens with two attached hydrogens (primary N) is 1. The van der Waals surface area contributed by atoms with E-state index in [-0.39, 0.29) is 5.91 Å². The van der Waals surface area contributed by atoms with E-state index in [0.717, 1.165) is 0 Å². The number of nitrogens with zero attached hydrogens (tertiary/aromatic N) is 4. The predicted molar refractivity (Wildman–Crippen MR) is 69.3 cm³/mol. The number of halogens is 1. The Morgan fingerprint density at radius 2 is 2.11 bits per heavy atom. The summed E-state index contributed by atoms with van der Waals surface area (Å²) in [6.07, 6.45) is 1.51. The normalized spacial score (nSPS) is 15.7. The molecule has 1 aromatic rings. The zero-order chi connectivity index (χ0) is 13.1. The van der Waals surface area contributed by atoms with Gasteiger partial charge in [0.1, 0.15) is 5.02 Å². The number of carbonyl (C=O) groups is 1. The van der Waals surface area contributed by atoms with Crippen molar-refractivity contribution in [1.29, 1.82) is 0 Å². The molecule has 0 saturated carbocycles. The zero-order valence-corrected chi connectivity index (χ0v) is 10.8. The van der Waals surface area contributed by atoms with Crippen molar-refractivity contribution in [2.24, 2.45) is 5.84 Å². The van der Waals surface area contributed by atoms with Crippen molar-refractivity contribution in [3.63, 3.8) is 0 Å². The maximum atomic E-state index is 11.2. The summed E-state index contributed by atoms with van der Waals surface area (Å²) in [6, 6.07) is 0. The molecule has 0 unspecified atom stereocenters. The minimum absolute atomic E-state index is 0.0905. The average molecular weight is 271 g/mol. The molecule has 0 aromatic carbocycles. The Kier molecular flexibility index (Phi) is 3.83. The van der Waals surface area contributed by atoms with Crippen LogP contribution in [0.15, 0.2) is 6.20 Å². The smallest absolute Gasteiger partial charge is 0.239 e. The van der Waals surface area contributed by atoms with Gasteiger partial charge in [-0.05, 0) is 0 Å². The number of aromatic nitrogens is 2. The molecule has 0 atom stereocenters. The van der Waals surface area contributed by atoms with Gasteiger partial charge in [-0.2, -0.15) is 4.98 Å². The van der Waals surface area contributed by atoms with Crippen LogP contribution in [0.2, 0.25) is 5.02 Å². The van der Waals surface area contributed by atoms with E-state index >= 15 is 0 Å². The molecule has 8 heteroatoms. The van der Waals surface area contributed by atoms with Crippen LogP contribution < -0.4 is 16.2 Å². The van der Waals surface area contributed by atoms with E-state index in [0.29, 0.717) is 43.0 Å². The number of nitrogen functional groups attached to an aromatic ring is 1. The van der Waals surface area contributed by atoms with E-state index in [1.807, 2.05) is 4.90 Å². The maximum absolute atomic E-state index is 11.2. The Morgan fingerprint density at radius 1 is 1.44 bits per heavy atom. The van der Waals surface area contributed by atoms with Gasteiger partial charge in [-0.3, -0.25) is 10.2 Å². The van der Waals surface area contributed by atoms with E-state index < -0.39 is 0 Å². The molecule has 2 heterocycles. The fraction of sp³-hybridized carbons (Fsp3) is 0.500. The molecule has 1 aromatic heterocycles. The third kappa shape index (κ3) is 2.62. The lowest BCUT2D eigenvalue weighted by molar-refractivity contribution is -0.129. The van der Waals surface area contributed by atoms with Crippen LogP contribution in [0.25, 0.3) is 0 Å². The molecule has 0 radical (unpaired) electrons. The highest BCUT2D eigenvalue weighted by molar-refractivity contribution is 6.32. The number of hydrogen-bond acceptors (Lipinski definition) is 6. The summed E-state index contributed by atoms with van der Waals surface area (Å²) in [6.45, 7) is 4.30. The highest BCUT2D eigenvalue weighted by Crippen LogP contribution is 2.24. The van der Waals surface area contributed by atoms with Gasteiger partial charge in [0, 0.05) is 33.1 Å². The van der Waals surface area contributed by atoms with E-state index in [9.17, 15) is 4.79 Å². The number of nitrogens with one attached hydrogen (secondary N) is 1. The lowest BCUT2D eigenvalue weighted by atomic mass is 10.3. The highest BCUT2D eigenvalue weighted by atomic mass is 35.5. The number of hydrogen-bond donors (Lipinski definition) is 2. The quantitative estimate of drug-likeness (QED) is 0.585. The molecule has 0 aliphatic carbocycles. The largest absolute Gasteiger partial charge is 0.352 e. The average Bonchev–Trinajstić information content (AvgIpc) is 2.39. The molecule has 1 aliphatic rings. The molecule has 1 saturated heterocycles. The molecule has 18 heavy (non-hydrogen) atoms. The first-order valence-corrected chi connectivity index (χ1v) is 5.99. The van der Waals surface area contributed by atoms with Crippen molar-refractivity contribution in [3.05, 3.63) is 11.2 Å². The maximum Gasteiger partial charge on any atom is 0.239 e. The van der Waals surface area contributed by atoms with E-state index in [2.05, 4.69) is 15.4 Å². The molecule has 7 nitrogen and oxygen atoms in total. The van der Waals surface area contributed by atoms with Crippen molar-refractivity contribution in [2.45, 2.75) is 6.92 Å². The molecule has 0 spiro atoms. The van der Waals surface area contributed by atoms with Crippen LogP contribution in [0.5, 0.6) is 0 Å². The number of carbonyl (C=O) groups excluding carboxylic acids is 1. The van der Waals surface area contributed by atoms with Gasteiger partial charge in [0.15, 0.2) is 5.82 Å². The van der Waals surface area contributed by atoms with E-state index in [1.54, 1.807) is 11.8 Å². The molecule has 1 aliphatic heterocycles. The molecule has 1 amide bonds. The van der Waals surface area contributed by atoms with Gasteiger partial charge in [-0.15, -0.1) is 0 Å². The van der Waals surface area contributed by atoms with Crippen LogP contribution in [0.3, 0.4) is 0 Å². The summed E-state index contributed by atoms with van der Waals surface area (Å²) in [5.74, 6) is 6.33. The first kappa shape index (κ1) is 12.8. The first-order chi connectivity index (χ1) is 8.61. The van der Waals surface area contributed by atoms with Gasteiger partial charge in [0.2, 0.25) is 11.9 Å². The number of hydrazine groups is 1. The minimum atomic E-state index is 0.0905. The summed E-state index contributed by atoms with van der Waals surface area (Å²) in [7, 11) is 0. The van der Waals surface area contributed by atoms with Crippen molar-refractivity contribution in [3.8, 4) is 0 Å². The minimum Gasteiger partial charge on any atom is -0.352 e. The second-order valence-electron chi connectivity index (χ2n) is 4.00. The molecule has 0 bridgehead atoms. The molecule has 2 rings (SSSR count). The summed E-state index contributed by atoms with van der Waals surface area (Å²) >= 11 is 6.07. The molecular weight excluding hydrogens is 256 g/mol. The van der Waals surface area contributed by atoms with Gasteiger partial charge in [-0.25, -0.2) is 10.8 Å². The van der Waals surface area contributed by atoms with Crippen molar-refractivity contribution < 1.29 is 4.79 Å². The van der Waals surface area contributed by atoms with Crippen LogP contribution in [0, 0.1) is 0 Å². The molecule has 98 valence electrons. The standard InChI is InChI=1S/C10H15ClN6O/c1-7(18)16-2-4-17(5-3-16)9-8(11)6-13-10(14-9)15-12/h6H,2-5,12H2,1H3,(H,13,14,15). The lowest BCUT2D eigenvalue weighted by Crippen LogP contribution is -2.48. The molecule has 1 fully saturated rings. The monoisotopic (exact) mass is 270 g/mol. The van der Waals surface area contributed by atoms with Crippen LogP contribution in [0.1, 0.15) is 6.92 Å². The van der Waals surface area contributed by atoms with Crippen LogP contribution in [-0.4, -0.2) is 47.0 Å². The summed E-state index contributed by atoms with van der Waals surface area (Å²) < 4.78 is 0. The fourth-order valence-corrected chi connectivity index (χ4v) is 2.09. The third-order valence-electron chi connectivity index (χ3n) is 2.88. The van der Waals surface area contributed by atoms with Gasteiger partial charge < -0.3 is 9.80 Å². The summed E-state index contributed by atoms with van der Waals surface area (Å²) in [4.78, 5) is 23.2.